The maximum absolute atomic E-state index is 11.9. The van der Waals surface area contributed by atoms with Crippen molar-refractivity contribution in [3.8, 4) is 0 Å². The second-order valence-corrected chi connectivity index (χ2v) is 7.55. The van der Waals surface area contributed by atoms with E-state index in [0.29, 0.717) is 9.23 Å². The molecular weight excluding hydrogens is 348 g/mol. The Labute approximate surface area is 158 Å². The van der Waals surface area contributed by atoms with E-state index in [9.17, 15) is 4.79 Å². The Morgan fingerprint density at radius 1 is 1.12 bits per heavy atom. The number of hydrogen-bond donors (Lipinski definition) is 0. The first-order valence-corrected chi connectivity index (χ1v) is 9.37. The summed E-state index contributed by atoms with van der Waals surface area (Å²) in [4.78, 5) is 16.3. The topological polar surface area (TPSA) is 23.6 Å². The van der Waals surface area contributed by atoms with Gasteiger partial charge in [-0.05, 0) is 47.9 Å². The SMILES string of the molecule is CCc1ccc2c(c1)C=C\C(=C/C=C/C=C1/SC(=S)N(C)C1=O)N2C. The number of anilines is 1. The van der Waals surface area contributed by atoms with Crippen LogP contribution in [0.1, 0.15) is 18.1 Å². The molecule has 1 aromatic rings. The smallest absolute Gasteiger partial charge is 0.265 e. The largest absolute Gasteiger partial charge is 0.344 e. The van der Waals surface area contributed by atoms with E-state index in [0.717, 1.165) is 12.1 Å². The van der Waals surface area contributed by atoms with Crippen molar-refractivity contribution in [1.82, 2.24) is 4.90 Å². The second-order valence-electron chi connectivity index (χ2n) is 5.88. The highest BCUT2D eigenvalue weighted by Gasteiger charge is 2.27. The molecule has 1 saturated heterocycles. The minimum absolute atomic E-state index is 0.0392. The summed E-state index contributed by atoms with van der Waals surface area (Å²) >= 11 is 6.46. The summed E-state index contributed by atoms with van der Waals surface area (Å²) in [6.45, 7) is 2.17. The van der Waals surface area contributed by atoms with Crippen LogP contribution in [0.25, 0.3) is 6.08 Å². The Morgan fingerprint density at radius 2 is 1.88 bits per heavy atom. The number of allylic oxidation sites excluding steroid dienone is 5. The molecule has 0 spiro atoms. The predicted octanol–water partition coefficient (Wildman–Crippen LogP) is 4.53. The molecule has 0 bridgehead atoms. The average molecular weight is 369 g/mol. The van der Waals surface area contributed by atoms with Crippen LogP contribution in [0, 0.1) is 0 Å². The molecule has 3 nitrogen and oxygen atoms in total. The average Bonchev–Trinajstić information content (AvgIpc) is 2.87. The normalized spacial score (nSPS) is 20.4. The van der Waals surface area contributed by atoms with Gasteiger partial charge in [0.05, 0.1) is 4.91 Å². The molecule has 5 heteroatoms. The van der Waals surface area contributed by atoms with Crippen LogP contribution in [0.2, 0.25) is 0 Å². The van der Waals surface area contributed by atoms with Crippen molar-refractivity contribution in [2.75, 3.05) is 19.0 Å². The molecule has 2 aliphatic rings. The van der Waals surface area contributed by atoms with Gasteiger partial charge in [0.1, 0.15) is 4.32 Å². The van der Waals surface area contributed by atoms with Gasteiger partial charge in [-0.25, -0.2) is 0 Å². The molecule has 3 rings (SSSR count). The number of aryl methyl sites for hydroxylation is 1. The summed E-state index contributed by atoms with van der Waals surface area (Å²) in [5.74, 6) is -0.0392. The van der Waals surface area contributed by atoms with Gasteiger partial charge in [-0.15, -0.1) is 0 Å². The maximum atomic E-state index is 11.9. The third-order valence-corrected chi connectivity index (χ3v) is 5.80. The summed E-state index contributed by atoms with van der Waals surface area (Å²) in [6, 6.07) is 6.58. The van der Waals surface area contributed by atoms with E-state index in [2.05, 4.69) is 49.2 Å². The van der Waals surface area contributed by atoms with Crippen LogP contribution < -0.4 is 4.90 Å². The lowest BCUT2D eigenvalue weighted by Gasteiger charge is -2.26. The van der Waals surface area contributed by atoms with E-state index in [-0.39, 0.29) is 5.91 Å². The summed E-state index contributed by atoms with van der Waals surface area (Å²) in [5, 5.41) is 0. The van der Waals surface area contributed by atoms with Crippen molar-refractivity contribution >= 4 is 46.0 Å². The van der Waals surface area contributed by atoms with Crippen LogP contribution in [-0.4, -0.2) is 29.2 Å². The van der Waals surface area contributed by atoms with Crippen molar-refractivity contribution in [2.24, 2.45) is 0 Å². The molecule has 1 aromatic carbocycles. The first kappa shape index (κ1) is 17.7. The standard InChI is InChI=1S/C20H20N2OS2/c1-4-14-9-12-17-15(13-14)10-11-16(21(17)2)7-5-6-8-18-19(23)22(3)20(24)25-18/h5-13H,4H2,1-3H3/b6-5+,16-7+,18-8+. The Bertz CT molecular complexity index is 849. The number of rotatable bonds is 3. The maximum Gasteiger partial charge on any atom is 0.265 e. The number of fused-ring (bicyclic) bond motifs is 1. The number of amides is 1. The van der Waals surface area contributed by atoms with Crippen LogP contribution in [0.5, 0.6) is 0 Å². The first-order chi connectivity index (χ1) is 12.0. The second kappa shape index (κ2) is 7.42. The molecule has 0 aromatic heterocycles. The lowest BCUT2D eigenvalue weighted by Crippen LogP contribution is -2.22. The van der Waals surface area contributed by atoms with Crippen molar-refractivity contribution < 1.29 is 4.79 Å². The molecule has 0 radical (unpaired) electrons. The van der Waals surface area contributed by atoms with Gasteiger partial charge < -0.3 is 4.90 Å². The molecule has 0 N–H and O–H groups in total. The molecule has 0 atom stereocenters. The third-order valence-electron chi connectivity index (χ3n) is 4.29. The Morgan fingerprint density at radius 3 is 2.56 bits per heavy atom. The van der Waals surface area contributed by atoms with E-state index in [1.54, 1.807) is 7.05 Å². The molecule has 0 aliphatic carbocycles. The number of benzene rings is 1. The molecule has 2 heterocycles. The van der Waals surface area contributed by atoms with Gasteiger partial charge in [-0.1, -0.05) is 55.2 Å². The zero-order valence-corrected chi connectivity index (χ0v) is 16.2. The number of likely N-dealkylation sites (N-methyl/N-ethyl adjacent to an activating group) is 2. The highest BCUT2D eigenvalue weighted by Crippen LogP contribution is 2.31. The van der Waals surface area contributed by atoms with Gasteiger partial charge in [0.15, 0.2) is 0 Å². The number of nitrogens with zero attached hydrogens (tertiary/aromatic N) is 2. The molecule has 0 saturated carbocycles. The fourth-order valence-corrected chi connectivity index (χ4v) is 3.84. The van der Waals surface area contributed by atoms with E-state index in [1.165, 1.54) is 33.5 Å². The minimum atomic E-state index is -0.0392. The molecule has 1 amide bonds. The highest BCUT2D eigenvalue weighted by molar-refractivity contribution is 8.26. The molecule has 1 fully saturated rings. The lowest BCUT2D eigenvalue weighted by atomic mass is 10.0. The predicted molar refractivity (Wildman–Crippen MR) is 112 cm³/mol. The molecule has 2 aliphatic heterocycles. The number of carbonyl (C=O) groups is 1. The fraction of sp³-hybridized carbons (Fsp3) is 0.200. The Hall–Kier alpha value is -2.11. The quantitative estimate of drug-likeness (QED) is 0.578. The van der Waals surface area contributed by atoms with Gasteiger partial charge in [-0.3, -0.25) is 9.69 Å². The third kappa shape index (κ3) is 3.62. The zero-order valence-electron chi connectivity index (χ0n) is 14.5. The summed E-state index contributed by atoms with van der Waals surface area (Å²) in [7, 11) is 3.77. The number of thioether (sulfide) groups is 1. The van der Waals surface area contributed by atoms with Crippen molar-refractivity contribution in [2.45, 2.75) is 13.3 Å². The van der Waals surface area contributed by atoms with Gasteiger partial charge in [-0.2, -0.15) is 0 Å². The van der Waals surface area contributed by atoms with Gasteiger partial charge in [0, 0.05) is 25.5 Å². The number of hydrogen-bond acceptors (Lipinski definition) is 4. The fourth-order valence-electron chi connectivity index (χ4n) is 2.71. The van der Waals surface area contributed by atoms with Gasteiger partial charge in [0.2, 0.25) is 0 Å². The minimum Gasteiger partial charge on any atom is -0.344 e. The number of thiocarbonyl (C=S) groups is 1. The summed E-state index contributed by atoms with van der Waals surface area (Å²) < 4.78 is 0.598. The van der Waals surface area contributed by atoms with E-state index in [4.69, 9.17) is 12.2 Å². The van der Waals surface area contributed by atoms with E-state index < -0.39 is 0 Å². The van der Waals surface area contributed by atoms with Crippen LogP contribution in [-0.2, 0) is 11.2 Å². The van der Waals surface area contributed by atoms with E-state index >= 15 is 0 Å². The van der Waals surface area contributed by atoms with Crippen LogP contribution in [0.4, 0.5) is 5.69 Å². The molecule has 128 valence electrons. The van der Waals surface area contributed by atoms with Crippen LogP contribution in [0.3, 0.4) is 0 Å². The Kier molecular flexibility index (Phi) is 5.25. The Balaban J connectivity index is 1.75. The summed E-state index contributed by atoms with van der Waals surface area (Å²) in [6.07, 6.45) is 13.0. The highest BCUT2D eigenvalue weighted by atomic mass is 32.2. The van der Waals surface area contributed by atoms with E-state index in [1.807, 2.05) is 24.3 Å². The van der Waals surface area contributed by atoms with Crippen molar-refractivity contribution in [1.29, 1.82) is 0 Å². The number of carbonyl (C=O) groups excluding carboxylic acids is 1. The van der Waals surface area contributed by atoms with Gasteiger partial charge >= 0.3 is 0 Å². The summed E-state index contributed by atoms with van der Waals surface area (Å²) in [5.41, 5.74) is 4.89. The first-order valence-electron chi connectivity index (χ1n) is 8.14. The molecule has 25 heavy (non-hydrogen) atoms. The lowest BCUT2D eigenvalue weighted by molar-refractivity contribution is -0.121. The van der Waals surface area contributed by atoms with Crippen LogP contribution >= 0.6 is 24.0 Å². The van der Waals surface area contributed by atoms with Crippen molar-refractivity contribution in [3.63, 3.8) is 0 Å². The molecular formula is C20H20N2OS2. The zero-order chi connectivity index (χ0) is 18.0. The molecule has 0 unspecified atom stereocenters. The van der Waals surface area contributed by atoms with Crippen LogP contribution in [0.15, 0.2) is 59.2 Å². The monoisotopic (exact) mass is 368 g/mol. The van der Waals surface area contributed by atoms with Crippen molar-refractivity contribution in [3.05, 3.63) is 70.3 Å². The van der Waals surface area contributed by atoms with Gasteiger partial charge in [0.25, 0.3) is 5.91 Å².